The fraction of sp³-hybridized carbons (Fsp3) is 0.421. The van der Waals surface area contributed by atoms with Crippen LogP contribution in [0.15, 0.2) is 27.8 Å². The number of carbonyl (C=O) groups is 1. The van der Waals surface area contributed by atoms with Gasteiger partial charge in [0.05, 0.1) is 6.61 Å². The number of benzene rings is 1. The Morgan fingerprint density at radius 2 is 2.07 bits per heavy atom. The van der Waals surface area contributed by atoms with Crippen LogP contribution in [0, 0.1) is 6.92 Å². The number of methoxy groups -OCH3 is 1. The van der Waals surface area contributed by atoms with Crippen molar-refractivity contribution < 1.29 is 14.3 Å². The molecule has 0 aliphatic rings. The van der Waals surface area contributed by atoms with Gasteiger partial charge in [-0.25, -0.2) is 4.79 Å². The van der Waals surface area contributed by atoms with Crippen LogP contribution >= 0.6 is 11.6 Å². The highest BCUT2D eigenvalue weighted by Crippen LogP contribution is 2.22. The number of carbonyl (C=O) groups excluding carboxylic acids is 1. The molecule has 0 aliphatic heterocycles. The number of H-pyrrole nitrogens is 1. The molecule has 1 amide bonds. The van der Waals surface area contributed by atoms with E-state index in [1.807, 2.05) is 13.8 Å². The molecule has 0 unspecified atom stereocenters. The third-order valence-electron chi connectivity index (χ3n) is 4.24. The minimum atomic E-state index is -0.744. The van der Waals surface area contributed by atoms with Crippen LogP contribution in [0.3, 0.4) is 0 Å². The standard InChI is InChI=1S/C19H25ClN4O5/c1-4-7-24-17(21)16(18(26)22-19(24)27)23(8-9-28-3)15(25)11-29-13-5-6-14(20)12(2)10-13/h5-6,10H,4,7-9,11,21H2,1-3H3,(H,22,26,27). The number of nitrogen functional groups attached to an aromatic ring is 1. The lowest BCUT2D eigenvalue weighted by atomic mass is 10.2. The Labute approximate surface area is 173 Å². The maximum Gasteiger partial charge on any atom is 0.330 e. The predicted octanol–water partition coefficient (Wildman–Crippen LogP) is 1.55. The molecule has 1 heterocycles. The van der Waals surface area contributed by atoms with Gasteiger partial charge in [0, 0.05) is 25.2 Å². The van der Waals surface area contributed by atoms with Crippen LogP contribution in [0.25, 0.3) is 0 Å². The Hall–Kier alpha value is -2.78. The van der Waals surface area contributed by atoms with Gasteiger partial charge in [-0.05, 0) is 37.1 Å². The first-order valence-electron chi connectivity index (χ1n) is 9.11. The average molecular weight is 425 g/mol. The number of aromatic amines is 1. The molecule has 3 N–H and O–H groups in total. The van der Waals surface area contributed by atoms with Crippen LogP contribution in [-0.4, -0.2) is 42.3 Å². The van der Waals surface area contributed by atoms with Gasteiger partial charge in [-0.15, -0.1) is 0 Å². The van der Waals surface area contributed by atoms with Crippen molar-refractivity contribution in [3.05, 3.63) is 49.6 Å². The molecule has 0 radical (unpaired) electrons. The number of hydrogen-bond donors (Lipinski definition) is 2. The van der Waals surface area contributed by atoms with Crippen LogP contribution in [-0.2, 0) is 16.1 Å². The number of nitrogens with two attached hydrogens (primary N) is 1. The first kappa shape index (κ1) is 22.5. The van der Waals surface area contributed by atoms with E-state index >= 15 is 0 Å². The van der Waals surface area contributed by atoms with Crippen LogP contribution < -0.4 is 26.6 Å². The van der Waals surface area contributed by atoms with E-state index in [1.165, 1.54) is 16.6 Å². The molecular weight excluding hydrogens is 400 g/mol. The second kappa shape index (κ2) is 10.1. The third kappa shape index (κ3) is 5.39. The maximum atomic E-state index is 12.9. The molecule has 0 saturated carbocycles. The number of nitrogens with one attached hydrogen (secondary N) is 1. The van der Waals surface area contributed by atoms with Gasteiger partial charge < -0.3 is 15.2 Å². The van der Waals surface area contributed by atoms with Crippen LogP contribution in [0.4, 0.5) is 11.5 Å². The summed E-state index contributed by atoms with van der Waals surface area (Å²) < 4.78 is 11.8. The second-order valence-corrected chi connectivity index (χ2v) is 6.79. The summed E-state index contributed by atoms with van der Waals surface area (Å²) in [5, 5.41) is 0.586. The Morgan fingerprint density at radius 1 is 1.34 bits per heavy atom. The van der Waals surface area contributed by atoms with E-state index in [4.69, 9.17) is 26.8 Å². The van der Waals surface area contributed by atoms with Crippen molar-refractivity contribution in [2.45, 2.75) is 26.8 Å². The molecule has 0 saturated heterocycles. The summed E-state index contributed by atoms with van der Waals surface area (Å²) in [5.74, 6) is -0.120. The summed E-state index contributed by atoms with van der Waals surface area (Å²) in [6.07, 6.45) is 0.626. The van der Waals surface area contributed by atoms with Gasteiger partial charge in [-0.1, -0.05) is 18.5 Å². The number of ether oxygens (including phenoxy) is 2. The number of nitrogens with zero attached hydrogens (tertiary/aromatic N) is 2. The number of hydrogen-bond acceptors (Lipinski definition) is 6. The summed E-state index contributed by atoms with van der Waals surface area (Å²) in [4.78, 5) is 40.7. The minimum Gasteiger partial charge on any atom is -0.484 e. The van der Waals surface area contributed by atoms with Crippen LogP contribution in [0.2, 0.25) is 5.02 Å². The van der Waals surface area contributed by atoms with Gasteiger partial charge in [0.25, 0.3) is 11.5 Å². The molecule has 0 aliphatic carbocycles. The van der Waals surface area contributed by atoms with Crippen molar-refractivity contribution in [1.82, 2.24) is 9.55 Å². The van der Waals surface area contributed by atoms with E-state index in [-0.39, 0.29) is 31.3 Å². The van der Waals surface area contributed by atoms with Crippen molar-refractivity contribution in [1.29, 1.82) is 0 Å². The molecule has 2 rings (SSSR count). The number of aromatic nitrogens is 2. The molecule has 0 bridgehead atoms. The van der Waals surface area contributed by atoms with E-state index < -0.39 is 17.2 Å². The lowest BCUT2D eigenvalue weighted by Crippen LogP contribution is -2.44. The van der Waals surface area contributed by atoms with E-state index in [9.17, 15) is 14.4 Å². The maximum absolute atomic E-state index is 12.9. The number of amides is 1. The Balaban J connectivity index is 2.34. The summed E-state index contributed by atoms with van der Waals surface area (Å²) in [6.45, 7) is 3.89. The first-order valence-corrected chi connectivity index (χ1v) is 9.48. The Bertz CT molecular complexity index is 986. The van der Waals surface area contributed by atoms with Crippen molar-refractivity contribution in [2.24, 2.45) is 0 Å². The summed E-state index contributed by atoms with van der Waals surface area (Å²) in [5.41, 5.74) is 5.42. The van der Waals surface area contributed by atoms with Gasteiger partial charge in [0.1, 0.15) is 11.6 Å². The zero-order chi connectivity index (χ0) is 21.6. The molecule has 0 fully saturated rings. The molecule has 1 aromatic carbocycles. The number of rotatable bonds is 9. The SMILES string of the molecule is CCCn1c(N)c(N(CCOC)C(=O)COc2ccc(Cl)c(C)c2)c(=O)[nH]c1=O. The average Bonchev–Trinajstić information content (AvgIpc) is 2.68. The second-order valence-electron chi connectivity index (χ2n) is 6.38. The van der Waals surface area contributed by atoms with Gasteiger partial charge in [-0.2, -0.15) is 0 Å². The van der Waals surface area contributed by atoms with Crippen LogP contribution in [0.5, 0.6) is 5.75 Å². The highest BCUT2D eigenvalue weighted by atomic mass is 35.5. The van der Waals surface area contributed by atoms with Crippen molar-refractivity contribution in [3.63, 3.8) is 0 Å². The molecule has 0 spiro atoms. The molecule has 29 heavy (non-hydrogen) atoms. The highest BCUT2D eigenvalue weighted by molar-refractivity contribution is 6.31. The molecule has 0 atom stereocenters. The molecule has 9 nitrogen and oxygen atoms in total. The zero-order valence-electron chi connectivity index (χ0n) is 16.7. The first-order chi connectivity index (χ1) is 13.8. The number of aryl methyl sites for hydroxylation is 1. The normalized spacial score (nSPS) is 10.8. The molecule has 10 heteroatoms. The van der Waals surface area contributed by atoms with Crippen LogP contribution in [0.1, 0.15) is 18.9 Å². The van der Waals surface area contributed by atoms with Crippen molar-refractivity contribution in [3.8, 4) is 5.75 Å². The number of halogens is 1. The topological polar surface area (TPSA) is 120 Å². The summed E-state index contributed by atoms with van der Waals surface area (Å²) >= 11 is 5.99. The van der Waals surface area contributed by atoms with Gasteiger partial charge in [0.2, 0.25) is 0 Å². The summed E-state index contributed by atoms with van der Waals surface area (Å²) in [7, 11) is 1.47. The fourth-order valence-corrected chi connectivity index (χ4v) is 2.88. The number of anilines is 2. The van der Waals surface area contributed by atoms with Crippen molar-refractivity contribution in [2.75, 3.05) is 37.5 Å². The Morgan fingerprint density at radius 3 is 2.69 bits per heavy atom. The van der Waals surface area contributed by atoms with Gasteiger partial charge in [-0.3, -0.25) is 24.0 Å². The summed E-state index contributed by atoms with van der Waals surface area (Å²) in [6, 6.07) is 5.02. The lowest BCUT2D eigenvalue weighted by molar-refractivity contribution is -0.120. The highest BCUT2D eigenvalue weighted by Gasteiger charge is 2.24. The van der Waals surface area contributed by atoms with E-state index in [0.29, 0.717) is 23.7 Å². The monoisotopic (exact) mass is 424 g/mol. The smallest absolute Gasteiger partial charge is 0.330 e. The molecule has 158 valence electrons. The van der Waals surface area contributed by atoms with Gasteiger partial charge >= 0.3 is 5.69 Å². The van der Waals surface area contributed by atoms with Gasteiger partial charge in [0.15, 0.2) is 12.3 Å². The van der Waals surface area contributed by atoms with E-state index in [1.54, 1.807) is 18.2 Å². The Kier molecular flexibility index (Phi) is 7.86. The lowest BCUT2D eigenvalue weighted by Gasteiger charge is -2.24. The largest absolute Gasteiger partial charge is 0.484 e. The fourth-order valence-electron chi connectivity index (χ4n) is 2.76. The molecule has 2 aromatic rings. The zero-order valence-corrected chi connectivity index (χ0v) is 17.4. The molecule has 1 aromatic heterocycles. The third-order valence-corrected chi connectivity index (χ3v) is 4.67. The molecular formula is C19H25ClN4O5. The van der Waals surface area contributed by atoms with E-state index in [0.717, 1.165) is 5.56 Å². The quantitative estimate of drug-likeness (QED) is 0.630. The predicted molar refractivity (Wildman–Crippen MR) is 112 cm³/mol. The van der Waals surface area contributed by atoms with E-state index in [2.05, 4.69) is 4.98 Å². The minimum absolute atomic E-state index is 0.0654. The van der Waals surface area contributed by atoms with Crippen molar-refractivity contribution >= 4 is 29.0 Å².